The normalized spacial score (nSPS) is 17.6. The van der Waals surface area contributed by atoms with E-state index in [1.807, 2.05) is 12.1 Å². The molecule has 1 aromatic rings. The van der Waals surface area contributed by atoms with E-state index < -0.39 is 6.10 Å². The molecule has 1 aromatic carbocycles. The monoisotopic (exact) mass is 329 g/mol. The van der Waals surface area contributed by atoms with Crippen molar-refractivity contribution in [2.24, 2.45) is 0 Å². The largest absolute Gasteiger partial charge is 0.491 e. The predicted octanol–water partition coefficient (Wildman–Crippen LogP) is 2.48. The van der Waals surface area contributed by atoms with Crippen molar-refractivity contribution >= 4 is 12.4 Å². The van der Waals surface area contributed by atoms with Crippen molar-refractivity contribution in [1.82, 2.24) is 4.90 Å². The van der Waals surface area contributed by atoms with Crippen LogP contribution in [0, 0.1) is 0 Å². The molecule has 0 spiro atoms. The SMILES string of the molecule is CC(C)(C)c1ccc(OCC(O)CN2CCOCC2)cc1.Cl. The van der Waals surface area contributed by atoms with Gasteiger partial charge in [0.05, 0.1) is 13.2 Å². The molecule has 5 heteroatoms. The standard InChI is InChI=1S/C17H27NO3.ClH/c1-17(2,3)14-4-6-16(7-5-14)21-13-15(19)12-18-8-10-20-11-9-18;/h4-7,15,19H,8-13H2,1-3H3;1H. The van der Waals surface area contributed by atoms with Crippen LogP contribution in [0.4, 0.5) is 0 Å². The van der Waals surface area contributed by atoms with Gasteiger partial charge in [-0.05, 0) is 23.1 Å². The molecular formula is C17H28ClNO3. The summed E-state index contributed by atoms with van der Waals surface area (Å²) in [6.45, 7) is 10.8. The highest BCUT2D eigenvalue weighted by Gasteiger charge is 2.16. The summed E-state index contributed by atoms with van der Waals surface area (Å²) in [7, 11) is 0. The zero-order valence-electron chi connectivity index (χ0n) is 13.7. The van der Waals surface area contributed by atoms with E-state index >= 15 is 0 Å². The number of hydrogen-bond donors (Lipinski definition) is 1. The number of rotatable bonds is 5. The molecule has 1 saturated heterocycles. The Morgan fingerprint density at radius 1 is 1.18 bits per heavy atom. The van der Waals surface area contributed by atoms with Crippen molar-refractivity contribution in [3.8, 4) is 5.75 Å². The molecule has 0 aromatic heterocycles. The average Bonchev–Trinajstić information content (AvgIpc) is 2.46. The maximum Gasteiger partial charge on any atom is 0.119 e. The molecule has 0 amide bonds. The Kier molecular flexibility index (Phi) is 7.63. The van der Waals surface area contributed by atoms with Gasteiger partial charge in [0, 0.05) is 19.6 Å². The van der Waals surface area contributed by atoms with Crippen LogP contribution in [0.3, 0.4) is 0 Å². The van der Waals surface area contributed by atoms with Gasteiger partial charge < -0.3 is 14.6 Å². The summed E-state index contributed by atoms with van der Waals surface area (Å²) in [6, 6.07) is 8.12. The number of benzene rings is 1. The van der Waals surface area contributed by atoms with Gasteiger partial charge in [0.1, 0.15) is 18.5 Å². The first-order valence-electron chi connectivity index (χ1n) is 7.66. The van der Waals surface area contributed by atoms with E-state index in [0.29, 0.717) is 13.2 Å². The Labute approximate surface area is 139 Å². The third kappa shape index (κ3) is 6.13. The highest BCUT2D eigenvalue weighted by molar-refractivity contribution is 5.85. The van der Waals surface area contributed by atoms with Gasteiger partial charge in [-0.25, -0.2) is 0 Å². The van der Waals surface area contributed by atoms with Gasteiger partial charge in [0.25, 0.3) is 0 Å². The Hall–Kier alpha value is -0.810. The average molecular weight is 330 g/mol. The molecule has 1 aliphatic rings. The first-order chi connectivity index (χ1) is 9.95. The molecule has 126 valence electrons. The molecule has 1 unspecified atom stereocenters. The molecule has 1 N–H and O–H groups in total. The minimum Gasteiger partial charge on any atom is -0.491 e. The molecule has 22 heavy (non-hydrogen) atoms. The topological polar surface area (TPSA) is 41.9 Å². The lowest BCUT2D eigenvalue weighted by Gasteiger charge is -2.28. The third-order valence-electron chi connectivity index (χ3n) is 3.74. The second kappa shape index (κ2) is 8.73. The quantitative estimate of drug-likeness (QED) is 0.901. The fourth-order valence-electron chi connectivity index (χ4n) is 2.38. The van der Waals surface area contributed by atoms with Crippen LogP contribution >= 0.6 is 12.4 Å². The Balaban J connectivity index is 0.00000242. The number of morpholine rings is 1. The van der Waals surface area contributed by atoms with Crippen molar-refractivity contribution in [2.45, 2.75) is 32.3 Å². The van der Waals surface area contributed by atoms with Gasteiger partial charge in [-0.3, -0.25) is 4.90 Å². The second-order valence-corrected chi connectivity index (χ2v) is 6.65. The highest BCUT2D eigenvalue weighted by atomic mass is 35.5. The summed E-state index contributed by atoms with van der Waals surface area (Å²) in [5, 5.41) is 10.0. The predicted molar refractivity (Wildman–Crippen MR) is 91.2 cm³/mol. The summed E-state index contributed by atoms with van der Waals surface area (Å²) in [5.74, 6) is 0.809. The minimum absolute atomic E-state index is 0. The lowest BCUT2D eigenvalue weighted by molar-refractivity contribution is 0.00465. The number of aliphatic hydroxyl groups is 1. The van der Waals surface area contributed by atoms with Crippen LogP contribution in [0.5, 0.6) is 5.75 Å². The van der Waals surface area contributed by atoms with Crippen molar-refractivity contribution in [3.63, 3.8) is 0 Å². The molecule has 4 nitrogen and oxygen atoms in total. The summed E-state index contributed by atoms with van der Waals surface area (Å²) in [6.07, 6.45) is -0.467. The summed E-state index contributed by atoms with van der Waals surface area (Å²) < 4.78 is 11.0. The molecule has 1 fully saturated rings. The Morgan fingerprint density at radius 2 is 1.77 bits per heavy atom. The van der Waals surface area contributed by atoms with E-state index in [2.05, 4.69) is 37.8 Å². The number of β-amino-alcohol motifs (C(OH)–C–C–N with tert-alkyl or cyclic N) is 1. The Bertz CT molecular complexity index is 425. The van der Waals surface area contributed by atoms with Gasteiger partial charge in [-0.1, -0.05) is 32.9 Å². The summed E-state index contributed by atoms with van der Waals surface area (Å²) >= 11 is 0. The van der Waals surface area contributed by atoms with Crippen LogP contribution in [0.15, 0.2) is 24.3 Å². The number of halogens is 1. The van der Waals surface area contributed by atoms with Crippen LogP contribution in [-0.4, -0.2) is 55.6 Å². The molecule has 1 atom stereocenters. The van der Waals surface area contributed by atoms with E-state index in [0.717, 1.165) is 32.1 Å². The molecular weight excluding hydrogens is 302 g/mol. The number of nitrogens with zero attached hydrogens (tertiary/aromatic N) is 1. The maximum absolute atomic E-state index is 10.0. The van der Waals surface area contributed by atoms with Crippen LogP contribution in [-0.2, 0) is 10.2 Å². The van der Waals surface area contributed by atoms with Gasteiger partial charge in [-0.2, -0.15) is 0 Å². The van der Waals surface area contributed by atoms with E-state index in [1.165, 1.54) is 5.56 Å². The summed E-state index contributed by atoms with van der Waals surface area (Å²) in [4.78, 5) is 2.21. The molecule has 2 rings (SSSR count). The zero-order chi connectivity index (χ0) is 15.3. The van der Waals surface area contributed by atoms with Crippen molar-refractivity contribution < 1.29 is 14.6 Å². The van der Waals surface area contributed by atoms with Crippen molar-refractivity contribution in [2.75, 3.05) is 39.5 Å². The van der Waals surface area contributed by atoms with Gasteiger partial charge in [0.15, 0.2) is 0 Å². The number of ether oxygens (including phenoxy) is 2. The highest BCUT2D eigenvalue weighted by Crippen LogP contribution is 2.24. The summed E-state index contributed by atoms with van der Waals surface area (Å²) in [5.41, 5.74) is 1.43. The molecule has 1 heterocycles. The molecule has 1 aliphatic heterocycles. The third-order valence-corrected chi connectivity index (χ3v) is 3.74. The molecule has 0 radical (unpaired) electrons. The lowest BCUT2D eigenvalue weighted by Crippen LogP contribution is -2.42. The number of aliphatic hydroxyl groups excluding tert-OH is 1. The Morgan fingerprint density at radius 3 is 2.32 bits per heavy atom. The van der Waals surface area contributed by atoms with Crippen LogP contribution in [0.25, 0.3) is 0 Å². The van der Waals surface area contributed by atoms with Crippen LogP contribution in [0.1, 0.15) is 26.3 Å². The number of hydrogen-bond acceptors (Lipinski definition) is 4. The zero-order valence-corrected chi connectivity index (χ0v) is 14.6. The van der Waals surface area contributed by atoms with Crippen molar-refractivity contribution in [1.29, 1.82) is 0 Å². The van der Waals surface area contributed by atoms with E-state index in [9.17, 15) is 5.11 Å². The molecule has 0 bridgehead atoms. The maximum atomic E-state index is 10.0. The van der Waals surface area contributed by atoms with Crippen molar-refractivity contribution in [3.05, 3.63) is 29.8 Å². The van der Waals surface area contributed by atoms with Crippen LogP contribution < -0.4 is 4.74 Å². The van der Waals surface area contributed by atoms with E-state index in [4.69, 9.17) is 9.47 Å². The first-order valence-corrected chi connectivity index (χ1v) is 7.66. The van der Waals surface area contributed by atoms with Gasteiger partial charge in [0.2, 0.25) is 0 Å². The van der Waals surface area contributed by atoms with Gasteiger partial charge in [-0.15, -0.1) is 12.4 Å². The van der Waals surface area contributed by atoms with Crippen LogP contribution in [0.2, 0.25) is 0 Å². The van der Waals surface area contributed by atoms with E-state index in [1.54, 1.807) is 0 Å². The second-order valence-electron chi connectivity index (χ2n) is 6.65. The molecule has 0 aliphatic carbocycles. The van der Waals surface area contributed by atoms with Gasteiger partial charge >= 0.3 is 0 Å². The van der Waals surface area contributed by atoms with E-state index in [-0.39, 0.29) is 17.8 Å². The fourth-order valence-corrected chi connectivity index (χ4v) is 2.38. The fraction of sp³-hybridized carbons (Fsp3) is 0.647. The smallest absolute Gasteiger partial charge is 0.119 e. The first kappa shape index (κ1) is 19.2. The minimum atomic E-state index is -0.467. The lowest BCUT2D eigenvalue weighted by atomic mass is 9.87. The molecule has 0 saturated carbocycles.